The monoisotopic (exact) mass is 443 g/mol. The fourth-order valence-electron chi connectivity index (χ4n) is 2.80. The molecule has 0 fully saturated rings. The maximum Gasteiger partial charge on any atom is 0.257 e. The fourth-order valence-corrected chi connectivity index (χ4v) is 3.54. The van der Waals surface area contributed by atoms with Crippen LogP contribution in [0.2, 0.25) is 0 Å². The van der Waals surface area contributed by atoms with E-state index in [9.17, 15) is 4.79 Å². The molecule has 0 bridgehead atoms. The summed E-state index contributed by atoms with van der Waals surface area (Å²) in [6, 6.07) is 13.9. The van der Waals surface area contributed by atoms with Gasteiger partial charge in [0, 0.05) is 29.7 Å². The Kier molecular flexibility index (Phi) is 6.34. The Morgan fingerprint density at radius 2 is 1.94 bits per heavy atom. The van der Waals surface area contributed by atoms with E-state index in [4.69, 9.17) is 15.9 Å². The van der Waals surface area contributed by atoms with E-state index in [0.29, 0.717) is 32.9 Å². The van der Waals surface area contributed by atoms with Crippen molar-refractivity contribution < 1.29 is 14.3 Å². The quantitative estimate of drug-likeness (QED) is 0.431. The number of ether oxygens (including phenoxy) is 2. The Morgan fingerprint density at radius 1 is 1.09 bits per heavy atom. The number of hydrogen-bond donors (Lipinski definition) is 1. The van der Waals surface area contributed by atoms with Crippen molar-refractivity contribution in [1.29, 1.82) is 0 Å². The second kappa shape index (κ2) is 9.68. The lowest BCUT2D eigenvalue weighted by Crippen LogP contribution is -2.12. The van der Waals surface area contributed by atoms with E-state index in [1.54, 1.807) is 48.9 Å². The van der Waals surface area contributed by atoms with Crippen LogP contribution in [0.25, 0.3) is 10.6 Å². The minimum atomic E-state index is -0.697. The summed E-state index contributed by atoms with van der Waals surface area (Å²) >= 11 is 1.26. The van der Waals surface area contributed by atoms with Gasteiger partial charge in [0.05, 0.1) is 12.8 Å². The molecule has 1 amide bonds. The molecule has 158 valence electrons. The van der Waals surface area contributed by atoms with E-state index < -0.39 is 6.10 Å². The third-order valence-corrected chi connectivity index (χ3v) is 5.24. The Hall–Kier alpha value is -4.29. The number of nitrogens with zero attached hydrogens (tertiary/aromatic N) is 4. The van der Waals surface area contributed by atoms with Crippen LogP contribution in [0.4, 0.5) is 5.13 Å². The highest BCUT2D eigenvalue weighted by Gasteiger charge is 2.17. The van der Waals surface area contributed by atoms with Crippen LogP contribution >= 0.6 is 11.3 Å². The largest absolute Gasteiger partial charge is 0.493 e. The second-order valence-corrected chi connectivity index (χ2v) is 7.36. The van der Waals surface area contributed by atoms with Crippen LogP contribution in [-0.4, -0.2) is 33.2 Å². The summed E-state index contributed by atoms with van der Waals surface area (Å²) in [6.45, 7) is 0. The molecule has 0 unspecified atom stereocenters. The van der Waals surface area contributed by atoms with E-state index in [0.717, 1.165) is 5.56 Å². The Balaban J connectivity index is 1.49. The molecule has 8 nitrogen and oxygen atoms in total. The van der Waals surface area contributed by atoms with Crippen molar-refractivity contribution in [2.75, 3.05) is 12.4 Å². The van der Waals surface area contributed by atoms with Crippen molar-refractivity contribution in [2.24, 2.45) is 0 Å². The van der Waals surface area contributed by atoms with E-state index in [1.807, 2.05) is 18.2 Å². The minimum absolute atomic E-state index is 0.356. The number of terminal acetylenes is 1. The van der Waals surface area contributed by atoms with Crippen LogP contribution in [0.5, 0.6) is 11.5 Å². The molecule has 1 atom stereocenters. The van der Waals surface area contributed by atoms with Gasteiger partial charge in [0.15, 0.2) is 11.5 Å². The fraction of sp³-hybridized carbons (Fsp3) is 0.0870. The summed E-state index contributed by atoms with van der Waals surface area (Å²) in [5, 5.41) is 11.9. The van der Waals surface area contributed by atoms with Gasteiger partial charge < -0.3 is 9.47 Å². The number of methoxy groups -OCH3 is 1. The molecular formula is C23H17N5O3S. The zero-order chi connectivity index (χ0) is 22.3. The number of amides is 1. The van der Waals surface area contributed by atoms with Crippen molar-refractivity contribution in [3.8, 4) is 34.4 Å². The maximum atomic E-state index is 12.7. The molecular weight excluding hydrogens is 426 g/mol. The summed E-state index contributed by atoms with van der Waals surface area (Å²) in [7, 11) is 1.49. The van der Waals surface area contributed by atoms with Crippen LogP contribution in [0, 0.1) is 12.3 Å². The first kappa shape index (κ1) is 21.0. The number of rotatable bonds is 7. The smallest absolute Gasteiger partial charge is 0.257 e. The molecule has 0 aliphatic rings. The molecule has 3 heterocycles. The molecule has 0 saturated heterocycles. The van der Waals surface area contributed by atoms with Crippen molar-refractivity contribution in [1.82, 2.24) is 20.2 Å². The number of carbonyl (C=O) groups is 1. The highest BCUT2D eigenvalue weighted by molar-refractivity contribution is 7.18. The second-order valence-electron chi connectivity index (χ2n) is 6.39. The van der Waals surface area contributed by atoms with E-state index in [2.05, 4.69) is 31.4 Å². The number of pyridine rings is 2. The normalized spacial score (nSPS) is 11.2. The molecule has 0 aliphatic heterocycles. The number of benzene rings is 1. The van der Waals surface area contributed by atoms with Crippen molar-refractivity contribution in [2.45, 2.75) is 6.10 Å². The predicted molar refractivity (Wildman–Crippen MR) is 121 cm³/mol. The van der Waals surface area contributed by atoms with Crippen LogP contribution < -0.4 is 14.8 Å². The number of nitrogens with one attached hydrogen (secondary N) is 1. The van der Waals surface area contributed by atoms with Gasteiger partial charge >= 0.3 is 0 Å². The first-order valence-corrected chi connectivity index (χ1v) is 10.3. The molecule has 1 aromatic carbocycles. The Bertz CT molecular complexity index is 1260. The number of anilines is 1. The zero-order valence-corrected chi connectivity index (χ0v) is 17.7. The molecule has 4 rings (SSSR count). The van der Waals surface area contributed by atoms with Gasteiger partial charge in [-0.25, -0.2) is 0 Å². The molecule has 0 spiro atoms. The van der Waals surface area contributed by atoms with Crippen LogP contribution in [0.1, 0.15) is 22.2 Å². The van der Waals surface area contributed by atoms with E-state index in [1.165, 1.54) is 18.4 Å². The molecule has 0 radical (unpaired) electrons. The lowest BCUT2D eigenvalue weighted by Gasteiger charge is -2.16. The molecule has 0 saturated carbocycles. The van der Waals surface area contributed by atoms with Crippen molar-refractivity contribution >= 4 is 22.4 Å². The standard InChI is InChI=1S/C23H17N5O3S/c1-3-18(17-6-4-5-11-25-17)31-19-8-7-16(14-20(19)30-2)21(29)26-23-28-27-22(32-23)15-9-12-24-13-10-15/h1,4-14,18H,2H3,(H,26,28,29)/t18-/m0/s1. The van der Waals surface area contributed by atoms with Crippen LogP contribution in [0.3, 0.4) is 0 Å². The van der Waals surface area contributed by atoms with Crippen LogP contribution in [0.15, 0.2) is 67.1 Å². The lowest BCUT2D eigenvalue weighted by molar-refractivity contribution is 0.102. The number of hydrogen-bond acceptors (Lipinski definition) is 8. The van der Waals surface area contributed by atoms with Gasteiger partial charge in [-0.05, 0) is 42.5 Å². The maximum absolute atomic E-state index is 12.7. The number of carbonyl (C=O) groups excluding carboxylic acids is 1. The lowest BCUT2D eigenvalue weighted by atomic mass is 10.2. The molecule has 9 heteroatoms. The molecule has 32 heavy (non-hydrogen) atoms. The molecule has 4 aromatic rings. The minimum Gasteiger partial charge on any atom is -0.493 e. The predicted octanol–water partition coefficient (Wildman–Crippen LogP) is 4.01. The summed E-state index contributed by atoms with van der Waals surface area (Å²) < 4.78 is 11.3. The third kappa shape index (κ3) is 4.71. The van der Waals surface area contributed by atoms with Gasteiger partial charge in [-0.1, -0.05) is 23.3 Å². The highest BCUT2D eigenvalue weighted by atomic mass is 32.1. The zero-order valence-electron chi connectivity index (χ0n) is 16.9. The first-order valence-electron chi connectivity index (χ1n) is 9.45. The SMILES string of the molecule is C#C[C@H](Oc1ccc(C(=O)Nc2nnc(-c3ccncc3)s2)cc1OC)c1ccccn1. The van der Waals surface area contributed by atoms with Gasteiger partial charge in [0.1, 0.15) is 5.01 Å². The summed E-state index contributed by atoms with van der Waals surface area (Å²) in [4.78, 5) is 20.9. The first-order chi connectivity index (χ1) is 15.7. The topological polar surface area (TPSA) is 99.1 Å². The summed E-state index contributed by atoms with van der Waals surface area (Å²) in [5.41, 5.74) is 1.84. The van der Waals surface area contributed by atoms with Crippen LogP contribution in [-0.2, 0) is 0 Å². The van der Waals surface area contributed by atoms with E-state index in [-0.39, 0.29) is 5.91 Å². The average Bonchev–Trinajstić information content (AvgIpc) is 3.32. The Morgan fingerprint density at radius 3 is 2.66 bits per heavy atom. The molecule has 3 aromatic heterocycles. The van der Waals surface area contributed by atoms with Crippen molar-refractivity contribution in [3.05, 3.63) is 78.4 Å². The van der Waals surface area contributed by atoms with Gasteiger partial charge in [0.2, 0.25) is 11.2 Å². The Labute approximate surface area is 188 Å². The average molecular weight is 443 g/mol. The van der Waals surface area contributed by atoms with Crippen molar-refractivity contribution in [3.63, 3.8) is 0 Å². The van der Waals surface area contributed by atoms with Gasteiger partial charge in [-0.2, -0.15) is 0 Å². The van der Waals surface area contributed by atoms with E-state index >= 15 is 0 Å². The highest BCUT2D eigenvalue weighted by Crippen LogP contribution is 2.32. The van der Waals surface area contributed by atoms with Gasteiger partial charge in [-0.3, -0.25) is 20.1 Å². The van der Waals surface area contributed by atoms with Gasteiger partial charge in [-0.15, -0.1) is 16.6 Å². The molecule has 0 aliphatic carbocycles. The summed E-state index contributed by atoms with van der Waals surface area (Å²) in [6.07, 6.45) is 9.90. The van der Waals surface area contributed by atoms with Gasteiger partial charge in [0.25, 0.3) is 5.91 Å². The third-order valence-electron chi connectivity index (χ3n) is 4.35. The number of aromatic nitrogens is 4. The summed E-state index contributed by atoms with van der Waals surface area (Å²) in [5.74, 6) is 2.97. The molecule has 1 N–H and O–H groups in total.